The predicted octanol–water partition coefficient (Wildman–Crippen LogP) is 1.64. The third-order valence-electron chi connectivity index (χ3n) is 5.14. The van der Waals surface area contributed by atoms with Crippen molar-refractivity contribution in [2.24, 2.45) is 16.6 Å². The molecule has 0 spiro atoms. The Hall–Kier alpha value is -0.570. The van der Waals surface area contributed by atoms with Crippen LogP contribution in [0.4, 0.5) is 0 Å². The number of nitrogens with one attached hydrogen (secondary N) is 1. The smallest absolute Gasteiger partial charge is 0.217 e. The number of likely N-dealkylation sites (tertiary alicyclic amines) is 2. The van der Waals surface area contributed by atoms with Crippen molar-refractivity contribution in [1.82, 2.24) is 15.1 Å². The molecule has 0 bridgehead atoms. The Labute approximate surface area is 163 Å². The maximum Gasteiger partial charge on any atom is 0.217 e. The maximum absolute atomic E-state index is 11.1. The molecule has 0 aliphatic carbocycles. The summed E-state index contributed by atoms with van der Waals surface area (Å²) in [5.74, 6) is 1.13. The van der Waals surface area contributed by atoms with Gasteiger partial charge in [-0.1, -0.05) is 6.42 Å². The molecule has 3 N–H and O–H groups in total. The van der Waals surface area contributed by atoms with Gasteiger partial charge in [-0.15, -0.1) is 24.0 Å². The first-order chi connectivity index (χ1) is 11.1. The molecule has 2 saturated heterocycles. The Morgan fingerprint density at radius 3 is 2.71 bits per heavy atom. The molecular weight excluding hydrogens is 417 g/mol. The predicted molar refractivity (Wildman–Crippen MR) is 110 cm³/mol. The molecular formula is C17H34IN5O. The first-order valence-corrected chi connectivity index (χ1v) is 9.08. The van der Waals surface area contributed by atoms with Crippen LogP contribution in [0.1, 0.15) is 45.4 Å². The van der Waals surface area contributed by atoms with Crippen molar-refractivity contribution in [1.29, 1.82) is 0 Å². The summed E-state index contributed by atoms with van der Waals surface area (Å²) in [6.45, 7) is 7.42. The van der Waals surface area contributed by atoms with Gasteiger partial charge < -0.3 is 16.0 Å². The number of nitrogens with two attached hydrogens (primary N) is 1. The fourth-order valence-corrected chi connectivity index (χ4v) is 3.84. The monoisotopic (exact) mass is 451 g/mol. The molecule has 6 nitrogen and oxygen atoms in total. The molecule has 2 atom stereocenters. The lowest BCUT2D eigenvalue weighted by Crippen LogP contribution is -2.49. The minimum Gasteiger partial charge on any atom is -0.370 e. The molecule has 24 heavy (non-hydrogen) atoms. The van der Waals surface area contributed by atoms with Gasteiger partial charge in [0.05, 0.1) is 0 Å². The van der Waals surface area contributed by atoms with E-state index in [1.807, 2.05) is 7.05 Å². The number of hydrogen-bond acceptors (Lipinski definition) is 3. The number of primary amides is 1. The number of rotatable bonds is 5. The average Bonchev–Trinajstić information content (AvgIpc) is 2.53. The molecule has 2 unspecified atom stereocenters. The molecule has 2 aliphatic heterocycles. The normalized spacial score (nSPS) is 25.9. The second-order valence-electron chi connectivity index (χ2n) is 6.98. The molecule has 1 amide bonds. The first kappa shape index (κ1) is 21.5. The van der Waals surface area contributed by atoms with Crippen LogP contribution >= 0.6 is 24.0 Å². The molecule has 0 radical (unpaired) electrons. The number of carbonyl (C=O) groups is 1. The van der Waals surface area contributed by atoms with Crippen LogP contribution in [0.15, 0.2) is 4.99 Å². The lowest BCUT2D eigenvalue weighted by molar-refractivity contribution is -0.119. The molecule has 7 heteroatoms. The van der Waals surface area contributed by atoms with E-state index >= 15 is 0 Å². The quantitative estimate of drug-likeness (QED) is 0.379. The van der Waals surface area contributed by atoms with E-state index in [1.54, 1.807) is 0 Å². The van der Waals surface area contributed by atoms with Gasteiger partial charge in [0.15, 0.2) is 5.96 Å². The van der Waals surface area contributed by atoms with Crippen molar-refractivity contribution in [3.05, 3.63) is 0 Å². The summed E-state index contributed by atoms with van der Waals surface area (Å²) < 4.78 is 0. The number of carbonyl (C=O) groups excluding carboxylic acids is 1. The molecule has 0 aromatic carbocycles. The molecule has 140 valence electrons. The molecule has 2 rings (SSSR count). The molecule has 2 heterocycles. The Bertz CT molecular complexity index is 418. The van der Waals surface area contributed by atoms with Crippen molar-refractivity contribution >= 4 is 35.8 Å². The van der Waals surface area contributed by atoms with Crippen LogP contribution in [0.3, 0.4) is 0 Å². The highest BCUT2D eigenvalue weighted by molar-refractivity contribution is 14.0. The van der Waals surface area contributed by atoms with Gasteiger partial charge >= 0.3 is 0 Å². The Kier molecular flexibility index (Phi) is 9.95. The number of hydrogen-bond donors (Lipinski definition) is 2. The van der Waals surface area contributed by atoms with Crippen molar-refractivity contribution < 1.29 is 4.79 Å². The molecule has 0 aromatic rings. The van der Waals surface area contributed by atoms with Gasteiger partial charge in [-0.25, -0.2) is 0 Å². The summed E-state index contributed by atoms with van der Waals surface area (Å²) >= 11 is 0. The van der Waals surface area contributed by atoms with Gasteiger partial charge in [0, 0.05) is 45.7 Å². The van der Waals surface area contributed by atoms with Crippen LogP contribution in [0.5, 0.6) is 0 Å². The Morgan fingerprint density at radius 2 is 2.04 bits per heavy atom. The summed E-state index contributed by atoms with van der Waals surface area (Å²) in [6, 6.07) is 0.697. The van der Waals surface area contributed by atoms with E-state index in [0.717, 1.165) is 45.0 Å². The summed E-state index contributed by atoms with van der Waals surface area (Å²) in [6.07, 6.45) is 6.67. The van der Waals surface area contributed by atoms with E-state index in [0.29, 0.717) is 18.4 Å². The highest BCUT2D eigenvalue weighted by atomic mass is 127. The van der Waals surface area contributed by atoms with Crippen LogP contribution in [-0.4, -0.2) is 67.5 Å². The number of piperidine rings is 2. The van der Waals surface area contributed by atoms with E-state index in [1.165, 1.54) is 25.8 Å². The highest BCUT2D eigenvalue weighted by Crippen LogP contribution is 2.19. The second-order valence-corrected chi connectivity index (χ2v) is 6.98. The summed E-state index contributed by atoms with van der Waals surface area (Å²) in [5.41, 5.74) is 5.34. The van der Waals surface area contributed by atoms with Crippen molar-refractivity contribution in [2.45, 2.75) is 51.5 Å². The van der Waals surface area contributed by atoms with Crippen LogP contribution in [0.2, 0.25) is 0 Å². The zero-order valence-electron chi connectivity index (χ0n) is 15.2. The maximum atomic E-state index is 11.1. The third kappa shape index (κ3) is 6.74. The minimum absolute atomic E-state index is 0. The molecule has 0 aromatic heterocycles. The number of halogens is 1. The Morgan fingerprint density at radius 1 is 1.25 bits per heavy atom. The number of amides is 1. The standard InChI is InChI=1S/C17H33N5O.HI/c1-14-6-3-4-9-21(14)11-8-20-17(19-2)22-10-5-7-15(13-22)12-16(18)23;/h14-15H,3-13H2,1-2H3,(H2,18,23)(H,19,20);1H. The van der Waals surface area contributed by atoms with Gasteiger partial charge in [-0.3, -0.25) is 14.7 Å². The van der Waals surface area contributed by atoms with E-state index in [4.69, 9.17) is 5.73 Å². The molecule has 0 saturated carbocycles. The van der Waals surface area contributed by atoms with Crippen molar-refractivity contribution in [2.75, 3.05) is 39.8 Å². The lowest BCUT2D eigenvalue weighted by Gasteiger charge is -2.36. The van der Waals surface area contributed by atoms with Crippen LogP contribution in [0.25, 0.3) is 0 Å². The Balaban J connectivity index is 0.00000288. The minimum atomic E-state index is -0.195. The molecule has 2 fully saturated rings. The first-order valence-electron chi connectivity index (χ1n) is 9.08. The highest BCUT2D eigenvalue weighted by Gasteiger charge is 2.24. The summed E-state index contributed by atoms with van der Waals surface area (Å²) in [4.78, 5) is 20.4. The topological polar surface area (TPSA) is 74.0 Å². The van der Waals surface area contributed by atoms with Crippen molar-refractivity contribution in [3.63, 3.8) is 0 Å². The zero-order valence-corrected chi connectivity index (χ0v) is 17.5. The fraction of sp³-hybridized carbons (Fsp3) is 0.882. The van der Waals surface area contributed by atoms with E-state index < -0.39 is 0 Å². The van der Waals surface area contributed by atoms with Crippen LogP contribution in [0, 0.1) is 5.92 Å². The second kappa shape index (κ2) is 11.1. The largest absolute Gasteiger partial charge is 0.370 e. The van der Waals surface area contributed by atoms with Gasteiger partial charge in [0.25, 0.3) is 0 Å². The average molecular weight is 451 g/mol. The lowest BCUT2D eigenvalue weighted by atomic mass is 9.95. The van der Waals surface area contributed by atoms with Crippen LogP contribution in [-0.2, 0) is 4.79 Å². The third-order valence-corrected chi connectivity index (χ3v) is 5.14. The molecule has 2 aliphatic rings. The number of nitrogens with zero attached hydrogens (tertiary/aromatic N) is 3. The summed E-state index contributed by atoms with van der Waals surface area (Å²) in [5, 5.41) is 3.50. The summed E-state index contributed by atoms with van der Waals surface area (Å²) in [7, 11) is 1.84. The fourth-order valence-electron chi connectivity index (χ4n) is 3.84. The number of aliphatic imine (C=N–C) groups is 1. The van der Waals surface area contributed by atoms with Gasteiger partial charge in [-0.05, 0) is 45.1 Å². The van der Waals surface area contributed by atoms with Crippen LogP contribution < -0.4 is 11.1 Å². The van der Waals surface area contributed by atoms with Gasteiger partial charge in [-0.2, -0.15) is 0 Å². The number of guanidine groups is 1. The van der Waals surface area contributed by atoms with Crippen molar-refractivity contribution in [3.8, 4) is 0 Å². The SMILES string of the molecule is CN=C(NCCN1CCCCC1C)N1CCCC(CC(N)=O)C1.I. The van der Waals surface area contributed by atoms with E-state index in [2.05, 4.69) is 27.0 Å². The zero-order chi connectivity index (χ0) is 16.7. The van der Waals surface area contributed by atoms with E-state index in [9.17, 15) is 4.79 Å². The van der Waals surface area contributed by atoms with Gasteiger partial charge in [0.1, 0.15) is 0 Å². The van der Waals surface area contributed by atoms with E-state index in [-0.39, 0.29) is 29.9 Å². The van der Waals surface area contributed by atoms with Gasteiger partial charge in [0.2, 0.25) is 5.91 Å².